The molecule has 3 aromatic rings. The topological polar surface area (TPSA) is 102 Å². The maximum atomic E-state index is 12.9. The number of benzene rings is 3. The molecule has 0 saturated carbocycles. The Hall–Kier alpha value is -4.13. The van der Waals surface area contributed by atoms with E-state index in [1.165, 1.54) is 0 Å². The first-order valence-corrected chi connectivity index (χ1v) is 9.84. The average molecular weight is 415 g/mol. The quantitative estimate of drug-likeness (QED) is 0.646. The van der Waals surface area contributed by atoms with Crippen LogP contribution in [-0.4, -0.2) is 30.9 Å². The van der Waals surface area contributed by atoms with Crippen LogP contribution in [0, 0.1) is 0 Å². The van der Waals surface area contributed by atoms with Crippen LogP contribution in [0.5, 0.6) is 5.75 Å². The molecule has 7 nitrogen and oxygen atoms in total. The summed E-state index contributed by atoms with van der Waals surface area (Å²) in [6.45, 7) is 0.333. The molecule has 0 radical (unpaired) electrons. The number of hydrogen-bond donors (Lipinski definition) is 2. The van der Waals surface area contributed by atoms with E-state index in [4.69, 9.17) is 10.5 Å². The van der Waals surface area contributed by atoms with Crippen molar-refractivity contribution >= 4 is 29.1 Å². The van der Waals surface area contributed by atoms with Crippen molar-refractivity contribution in [2.24, 2.45) is 5.73 Å². The molecule has 3 aromatic carbocycles. The van der Waals surface area contributed by atoms with Gasteiger partial charge >= 0.3 is 0 Å². The zero-order valence-corrected chi connectivity index (χ0v) is 16.7. The molecule has 3 N–H and O–H groups in total. The third-order valence-electron chi connectivity index (χ3n) is 5.02. The Bertz CT molecular complexity index is 1140. The molecule has 0 fully saturated rings. The van der Waals surface area contributed by atoms with Crippen molar-refractivity contribution in [3.05, 3.63) is 89.5 Å². The standard InChI is InChI=1S/C24H21N3O4/c25-22(28)15-31-21-8-4-2-6-19(21)23(29)26-18-11-9-17(10-12-18)24(30)27-14-13-16-5-1-3-7-20(16)27/h1-12H,13-15H2,(H2,25,28)(H,26,29). The van der Waals surface area contributed by atoms with Crippen molar-refractivity contribution in [3.63, 3.8) is 0 Å². The molecule has 0 bridgehead atoms. The zero-order chi connectivity index (χ0) is 21.8. The monoisotopic (exact) mass is 415 g/mol. The average Bonchev–Trinajstić information content (AvgIpc) is 3.22. The largest absolute Gasteiger partial charge is 0.483 e. The van der Waals surface area contributed by atoms with Crippen LogP contribution in [0.1, 0.15) is 26.3 Å². The van der Waals surface area contributed by atoms with Crippen LogP contribution >= 0.6 is 0 Å². The van der Waals surface area contributed by atoms with E-state index >= 15 is 0 Å². The van der Waals surface area contributed by atoms with E-state index in [0.717, 1.165) is 17.7 Å². The lowest BCUT2D eigenvalue weighted by atomic mass is 10.1. The number of fused-ring (bicyclic) bond motifs is 1. The molecule has 4 rings (SSSR count). The Labute approximate surface area is 179 Å². The van der Waals surface area contributed by atoms with Crippen LogP contribution in [0.25, 0.3) is 0 Å². The van der Waals surface area contributed by atoms with Gasteiger partial charge in [0, 0.05) is 23.5 Å². The number of anilines is 2. The predicted molar refractivity (Wildman–Crippen MR) is 117 cm³/mol. The number of carbonyl (C=O) groups is 3. The van der Waals surface area contributed by atoms with Gasteiger partial charge in [-0.15, -0.1) is 0 Å². The lowest BCUT2D eigenvalue weighted by Gasteiger charge is -2.17. The fourth-order valence-electron chi connectivity index (χ4n) is 3.53. The van der Waals surface area contributed by atoms with Gasteiger partial charge in [0.1, 0.15) is 5.75 Å². The Kier molecular flexibility index (Phi) is 5.66. The first-order valence-electron chi connectivity index (χ1n) is 9.84. The van der Waals surface area contributed by atoms with Crippen molar-refractivity contribution in [3.8, 4) is 5.75 Å². The van der Waals surface area contributed by atoms with E-state index < -0.39 is 11.8 Å². The fraction of sp³-hybridized carbons (Fsp3) is 0.125. The SMILES string of the molecule is NC(=O)COc1ccccc1C(=O)Nc1ccc(C(=O)N2CCc3ccccc32)cc1. The number of nitrogens with zero attached hydrogens (tertiary/aromatic N) is 1. The second kappa shape index (κ2) is 8.71. The number of nitrogens with two attached hydrogens (primary N) is 1. The third kappa shape index (κ3) is 4.40. The number of nitrogens with one attached hydrogen (secondary N) is 1. The van der Waals surface area contributed by atoms with E-state index in [-0.39, 0.29) is 23.8 Å². The Balaban J connectivity index is 1.45. The number of rotatable bonds is 6. The second-order valence-electron chi connectivity index (χ2n) is 7.12. The summed E-state index contributed by atoms with van der Waals surface area (Å²) in [6, 6.07) is 21.2. The van der Waals surface area contributed by atoms with Gasteiger partial charge in [0.2, 0.25) is 0 Å². The minimum absolute atomic E-state index is 0.0759. The lowest BCUT2D eigenvalue weighted by Crippen LogP contribution is -2.28. The Morgan fingerprint density at radius 2 is 1.65 bits per heavy atom. The molecule has 1 heterocycles. The normalized spacial score (nSPS) is 12.2. The first kappa shape index (κ1) is 20.2. The summed E-state index contributed by atoms with van der Waals surface area (Å²) < 4.78 is 5.31. The van der Waals surface area contributed by atoms with Gasteiger partial charge in [-0.3, -0.25) is 14.4 Å². The number of para-hydroxylation sites is 2. The zero-order valence-electron chi connectivity index (χ0n) is 16.7. The fourth-order valence-corrected chi connectivity index (χ4v) is 3.53. The number of amides is 3. The third-order valence-corrected chi connectivity index (χ3v) is 5.02. The highest BCUT2D eigenvalue weighted by Crippen LogP contribution is 2.29. The molecular weight excluding hydrogens is 394 g/mol. The molecule has 0 atom stereocenters. The van der Waals surface area contributed by atoms with E-state index in [9.17, 15) is 14.4 Å². The van der Waals surface area contributed by atoms with Gasteiger partial charge in [0.05, 0.1) is 5.56 Å². The van der Waals surface area contributed by atoms with Crippen LogP contribution in [0.15, 0.2) is 72.8 Å². The summed E-state index contributed by atoms with van der Waals surface area (Å²) in [5.41, 5.74) is 8.56. The highest BCUT2D eigenvalue weighted by molar-refractivity contribution is 6.08. The molecule has 0 saturated heterocycles. The van der Waals surface area contributed by atoms with Gasteiger partial charge in [-0.2, -0.15) is 0 Å². The number of hydrogen-bond acceptors (Lipinski definition) is 4. The van der Waals surface area contributed by atoms with Crippen molar-refractivity contribution in [1.29, 1.82) is 0 Å². The summed E-state index contributed by atoms with van der Waals surface area (Å²) in [7, 11) is 0. The van der Waals surface area contributed by atoms with Crippen LogP contribution in [0.2, 0.25) is 0 Å². The molecule has 0 unspecified atom stereocenters. The lowest BCUT2D eigenvalue weighted by molar-refractivity contribution is -0.119. The molecule has 31 heavy (non-hydrogen) atoms. The molecule has 0 aromatic heterocycles. The van der Waals surface area contributed by atoms with Crippen LogP contribution in [-0.2, 0) is 11.2 Å². The van der Waals surface area contributed by atoms with Crippen molar-refractivity contribution in [1.82, 2.24) is 0 Å². The molecule has 0 aliphatic carbocycles. The first-order chi connectivity index (χ1) is 15.0. The number of carbonyl (C=O) groups excluding carboxylic acids is 3. The predicted octanol–water partition coefficient (Wildman–Crippen LogP) is 3.01. The molecule has 1 aliphatic rings. The summed E-state index contributed by atoms with van der Waals surface area (Å²) >= 11 is 0. The van der Waals surface area contributed by atoms with Crippen LogP contribution < -0.4 is 20.7 Å². The van der Waals surface area contributed by atoms with Crippen molar-refractivity contribution in [2.75, 3.05) is 23.4 Å². The van der Waals surface area contributed by atoms with Gasteiger partial charge in [-0.1, -0.05) is 30.3 Å². The van der Waals surface area contributed by atoms with E-state index in [1.54, 1.807) is 53.4 Å². The molecule has 7 heteroatoms. The van der Waals surface area contributed by atoms with Gasteiger partial charge in [0.15, 0.2) is 6.61 Å². The van der Waals surface area contributed by atoms with Crippen LogP contribution in [0.4, 0.5) is 11.4 Å². The highest BCUT2D eigenvalue weighted by atomic mass is 16.5. The minimum Gasteiger partial charge on any atom is -0.483 e. The Morgan fingerprint density at radius 1 is 0.935 bits per heavy atom. The maximum Gasteiger partial charge on any atom is 0.259 e. The van der Waals surface area contributed by atoms with Crippen LogP contribution in [0.3, 0.4) is 0 Å². The van der Waals surface area contributed by atoms with Gasteiger partial charge in [-0.05, 0) is 54.4 Å². The highest BCUT2D eigenvalue weighted by Gasteiger charge is 2.25. The van der Waals surface area contributed by atoms with Gasteiger partial charge < -0.3 is 20.7 Å². The minimum atomic E-state index is -0.629. The molecular formula is C24H21N3O4. The summed E-state index contributed by atoms with van der Waals surface area (Å²) in [4.78, 5) is 38.3. The molecule has 1 aliphatic heterocycles. The maximum absolute atomic E-state index is 12.9. The summed E-state index contributed by atoms with van der Waals surface area (Å²) in [5, 5.41) is 2.78. The smallest absolute Gasteiger partial charge is 0.259 e. The number of ether oxygens (including phenoxy) is 1. The summed E-state index contributed by atoms with van der Waals surface area (Å²) in [6.07, 6.45) is 0.841. The van der Waals surface area contributed by atoms with Crippen molar-refractivity contribution < 1.29 is 19.1 Å². The second-order valence-corrected chi connectivity index (χ2v) is 7.12. The Morgan fingerprint density at radius 3 is 2.42 bits per heavy atom. The van der Waals surface area contributed by atoms with E-state index in [2.05, 4.69) is 5.32 Å². The van der Waals surface area contributed by atoms with Gasteiger partial charge in [-0.25, -0.2) is 0 Å². The molecule has 156 valence electrons. The van der Waals surface area contributed by atoms with Crippen molar-refractivity contribution in [2.45, 2.75) is 6.42 Å². The van der Waals surface area contributed by atoms with Gasteiger partial charge in [0.25, 0.3) is 17.7 Å². The van der Waals surface area contributed by atoms with E-state index in [0.29, 0.717) is 17.8 Å². The molecule has 3 amide bonds. The molecule has 0 spiro atoms. The van der Waals surface area contributed by atoms with E-state index in [1.807, 2.05) is 24.3 Å². The summed E-state index contributed by atoms with van der Waals surface area (Å²) in [5.74, 6) is -0.838. The number of primary amides is 1.